The van der Waals surface area contributed by atoms with Gasteiger partial charge in [0.05, 0.1) is 5.69 Å². The van der Waals surface area contributed by atoms with Crippen LogP contribution in [0.25, 0.3) is 0 Å². The van der Waals surface area contributed by atoms with Crippen LogP contribution in [0.1, 0.15) is 5.69 Å². The average molecular weight is 300 g/mol. The number of hydrogen-bond donors (Lipinski definition) is 1. The zero-order valence-electron chi connectivity index (χ0n) is 10.6. The van der Waals surface area contributed by atoms with E-state index >= 15 is 0 Å². The second-order valence-corrected chi connectivity index (χ2v) is 6.83. The van der Waals surface area contributed by atoms with Gasteiger partial charge in [-0.15, -0.1) is 0 Å². The van der Waals surface area contributed by atoms with Crippen molar-refractivity contribution in [2.24, 2.45) is 5.73 Å². The van der Waals surface area contributed by atoms with Crippen LogP contribution in [0.2, 0.25) is 0 Å². The molecule has 8 heteroatoms. The lowest BCUT2D eigenvalue weighted by molar-refractivity contribution is 0.222. The van der Waals surface area contributed by atoms with E-state index in [2.05, 4.69) is 9.88 Å². The van der Waals surface area contributed by atoms with Crippen LogP contribution < -0.4 is 5.73 Å². The highest BCUT2D eigenvalue weighted by molar-refractivity contribution is 7.89. The molecule has 2 rings (SSSR count). The van der Waals surface area contributed by atoms with Gasteiger partial charge in [0.2, 0.25) is 10.0 Å². The third kappa shape index (κ3) is 3.08. The van der Waals surface area contributed by atoms with Crippen molar-refractivity contribution in [3.63, 3.8) is 0 Å². The Morgan fingerprint density at radius 3 is 2.42 bits per heavy atom. The number of nitrogens with two attached hydrogens (primary N) is 1. The second-order valence-electron chi connectivity index (χ2n) is 4.45. The van der Waals surface area contributed by atoms with E-state index in [1.165, 1.54) is 22.6 Å². The number of rotatable bonds is 3. The van der Waals surface area contributed by atoms with Crippen LogP contribution in [0.15, 0.2) is 23.2 Å². The summed E-state index contributed by atoms with van der Waals surface area (Å²) in [6, 6.07) is 3.03. The third-order valence-electron chi connectivity index (χ3n) is 3.09. The van der Waals surface area contributed by atoms with Gasteiger partial charge in [-0.25, -0.2) is 8.42 Å². The largest absolute Gasteiger partial charge is 0.388 e. The molecule has 0 bridgehead atoms. The molecule has 19 heavy (non-hydrogen) atoms. The summed E-state index contributed by atoms with van der Waals surface area (Å²) in [5, 5.41) is 0. The summed E-state index contributed by atoms with van der Waals surface area (Å²) >= 11 is 4.79. The lowest BCUT2D eigenvalue weighted by Gasteiger charge is -2.31. The Hall–Kier alpha value is -1.09. The van der Waals surface area contributed by atoms with Crippen molar-refractivity contribution < 1.29 is 8.42 Å². The van der Waals surface area contributed by atoms with E-state index in [1.807, 2.05) is 7.05 Å². The monoisotopic (exact) mass is 300 g/mol. The Kier molecular flexibility index (Phi) is 4.14. The number of sulfonamides is 1. The molecule has 0 spiro atoms. The van der Waals surface area contributed by atoms with Gasteiger partial charge < -0.3 is 10.6 Å². The van der Waals surface area contributed by atoms with Gasteiger partial charge in [0.25, 0.3) is 0 Å². The van der Waals surface area contributed by atoms with Crippen molar-refractivity contribution in [1.29, 1.82) is 0 Å². The smallest absolute Gasteiger partial charge is 0.244 e. The van der Waals surface area contributed by atoms with Crippen molar-refractivity contribution >= 4 is 27.2 Å². The molecule has 1 aliphatic rings. The zero-order valence-corrected chi connectivity index (χ0v) is 12.2. The standard InChI is InChI=1S/C11H16N4O2S2/c1-14-4-6-15(7-5-14)19(16,17)9-2-3-10(11(12)18)13-8-9/h2-3,8H,4-7H2,1H3,(H2,12,18). The Balaban J connectivity index is 2.22. The van der Waals surface area contributed by atoms with Crippen LogP contribution in [0.3, 0.4) is 0 Å². The predicted octanol–water partition coefficient (Wildman–Crippen LogP) is -0.348. The molecule has 104 valence electrons. The van der Waals surface area contributed by atoms with Gasteiger partial charge in [0, 0.05) is 32.4 Å². The minimum atomic E-state index is -3.47. The summed E-state index contributed by atoms with van der Waals surface area (Å²) in [4.78, 5) is 6.40. The van der Waals surface area contributed by atoms with Crippen LogP contribution in [0.5, 0.6) is 0 Å². The van der Waals surface area contributed by atoms with Gasteiger partial charge in [-0.2, -0.15) is 4.31 Å². The van der Waals surface area contributed by atoms with Crippen LogP contribution in [-0.4, -0.2) is 60.8 Å². The first-order valence-corrected chi connectivity index (χ1v) is 7.70. The molecule has 0 aliphatic carbocycles. The van der Waals surface area contributed by atoms with E-state index in [9.17, 15) is 8.42 Å². The second kappa shape index (κ2) is 5.49. The minimum Gasteiger partial charge on any atom is -0.388 e. The molecule has 0 saturated carbocycles. The fourth-order valence-corrected chi connectivity index (χ4v) is 3.34. The molecule has 1 saturated heterocycles. The highest BCUT2D eigenvalue weighted by Crippen LogP contribution is 2.16. The fourth-order valence-electron chi connectivity index (χ4n) is 1.86. The molecule has 0 atom stereocenters. The lowest BCUT2D eigenvalue weighted by atomic mass is 10.3. The van der Waals surface area contributed by atoms with Crippen LogP contribution in [0.4, 0.5) is 0 Å². The summed E-state index contributed by atoms with van der Waals surface area (Å²) in [5.41, 5.74) is 5.86. The number of thiocarbonyl (C=S) groups is 1. The Labute approximate surface area is 118 Å². The number of piperazine rings is 1. The number of likely N-dealkylation sites (N-methyl/N-ethyl adjacent to an activating group) is 1. The van der Waals surface area contributed by atoms with Crippen molar-refractivity contribution in [3.05, 3.63) is 24.0 Å². The summed E-state index contributed by atoms with van der Waals surface area (Å²) in [7, 11) is -1.49. The number of hydrogen-bond acceptors (Lipinski definition) is 5. The van der Waals surface area contributed by atoms with Crippen molar-refractivity contribution in [1.82, 2.24) is 14.2 Å². The highest BCUT2D eigenvalue weighted by atomic mass is 32.2. The van der Waals surface area contributed by atoms with E-state index in [-0.39, 0.29) is 9.88 Å². The van der Waals surface area contributed by atoms with Gasteiger partial charge in [-0.1, -0.05) is 12.2 Å². The van der Waals surface area contributed by atoms with E-state index in [0.717, 1.165) is 13.1 Å². The molecular formula is C11H16N4O2S2. The molecule has 0 radical (unpaired) electrons. The highest BCUT2D eigenvalue weighted by Gasteiger charge is 2.27. The quantitative estimate of drug-likeness (QED) is 0.769. The topological polar surface area (TPSA) is 79.5 Å². The van der Waals surface area contributed by atoms with E-state index in [1.54, 1.807) is 0 Å². The molecule has 0 unspecified atom stereocenters. The first-order chi connectivity index (χ1) is 8.91. The first-order valence-electron chi connectivity index (χ1n) is 5.86. The molecule has 0 aromatic carbocycles. The van der Waals surface area contributed by atoms with E-state index in [4.69, 9.17) is 18.0 Å². The minimum absolute atomic E-state index is 0.156. The van der Waals surface area contributed by atoms with Crippen molar-refractivity contribution in [3.8, 4) is 0 Å². The van der Waals surface area contributed by atoms with Gasteiger partial charge >= 0.3 is 0 Å². The molecule has 2 heterocycles. The zero-order chi connectivity index (χ0) is 14.0. The van der Waals surface area contributed by atoms with Crippen molar-refractivity contribution in [2.75, 3.05) is 33.2 Å². The van der Waals surface area contributed by atoms with Crippen molar-refractivity contribution in [2.45, 2.75) is 4.90 Å². The third-order valence-corrected chi connectivity index (χ3v) is 5.18. The number of pyridine rings is 1. The molecule has 1 aromatic rings. The molecule has 0 amide bonds. The SMILES string of the molecule is CN1CCN(S(=O)(=O)c2ccc(C(N)=S)nc2)CC1. The van der Waals surface area contributed by atoms with Gasteiger partial charge in [0.15, 0.2) is 0 Å². The maximum absolute atomic E-state index is 12.4. The average Bonchev–Trinajstić information content (AvgIpc) is 2.39. The molecule has 1 aliphatic heterocycles. The van der Waals surface area contributed by atoms with Gasteiger partial charge in [-0.05, 0) is 19.2 Å². The molecule has 6 nitrogen and oxygen atoms in total. The maximum Gasteiger partial charge on any atom is 0.244 e. The first kappa shape index (κ1) is 14.3. The van der Waals surface area contributed by atoms with Crippen LogP contribution in [-0.2, 0) is 10.0 Å². The van der Waals surface area contributed by atoms with Crippen LogP contribution in [0, 0.1) is 0 Å². The fraction of sp³-hybridized carbons (Fsp3) is 0.455. The Morgan fingerprint density at radius 1 is 1.32 bits per heavy atom. The molecular weight excluding hydrogens is 284 g/mol. The lowest BCUT2D eigenvalue weighted by Crippen LogP contribution is -2.47. The molecule has 1 fully saturated rings. The summed E-state index contributed by atoms with van der Waals surface area (Å²) in [6.45, 7) is 2.46. The Bertz CT molecular complexity index is 563. The van der Waals surface area contributed by atoms with E-state index in [0.29, 0.717) is 18.8 Å². The van der Waals surface area contributed by atoms with Gasteiger partial charge in [0.1, 0.15) is 9.88 Å². The normalized spacial score (nSPS) is 18.4. The maximum atomic E-state index is 12.4. The summed E-state index contributed by atoms with van der Waals surface area (Å²) in [6.07, 6.45) is 1.31. The summed E-state index contributed by atoms with van der Waals surface area (Å²) < 4.78 is 26.2. The van der Waals surface area contributed by atoms with Crippen LogP contribution >= 0.6 is 12.2 Å². The van der Waals surface area contributed by atoms with E-state index < -0.39 is 10.0 Å². The molecule has 1 aromatic heterocycles. The summed E-state index contributed by atoms with van der Waals surface area (Å²) in [5.74, 6) is 0. The predicted molar refractivity (Wildman–Crippen MR) is 76.4 cm³/mol. The Morgan fingerprint density at radius 2 is 1.95 bits per heavy atom. The number of nitrogens with zero attached hydrogens (tertiary/aromatic N) is 3. The molecule has 2 N–H and O–H groups in total. The van der Waals surface area contributed by atoms with Gasteiger partial charge in [-0.3, -0.25) is 4.98 Å². The number of aromatic nitrogens is 1.